The fourth-order valence-corrected chi connectivity index (χ4v) is 2.51. The van der Waals surface area contributed by atoms with E-state index >= 15 is 0 Å². The van der Waals surface area contributed by atoms with Crippen molar-refractivity contribution in [2.75, 3.05) is 13.7 Å². The SMILES string of the molecule is COc1cc(F)cc(Oc2ccc3c(O)c(C(=O)NCC(=O)O)ncc3c2)c1. The summed E-state index contributed by atoms with van der Waals surface area (Å²) in [5.41, 5.74) is -0.294. The molecule has 0 aliphatic rings. The summed E-state index contributed by atoms with van der Waals surface area (Å²) < 4.78 is 24.2. The number of carboxylic acid groups (broad SMARTS) is 1. The van der Waals surface area contributed by atoms with Crippen LogP contribution < -0.4 is 14.8 Å². The quantitative estimate of drug-likeness (QED) is 0.596. The number of hydrogen-bond acceptors (Lipinski definition) is 6. The highest BCUT2D eigenvalue weighted by Gasteiger charge is 2.17. The second kappa shape index (κ2) is 7.78. The number of carbonyl (C=O) groups is 2. The molecule has 0 aliphatic carbocycles. The van der Waals surface area contributed by atoms with Gasteiger partial charge in [-0.15, -0.1) is 0 Å². The average molecular weight is 386 g/mol. The fraction of sp³-hybridized carbons (Fsp3) is 0.105. The molecule has 8 nitrogen and oxygen atoms in total. The third kappa shape index (κ3) is 4.09. The highest BCUT2D eigenvalue weighted by atomic mass is 19.1. The van der Waals surface area contributed by atoms with Gasteiger partial charge in [0.2, 0.25) is 0 Å². The second-order valence-corrected chi connectivity index (χ2v) is 5.71. The topological polar surface area (TPSA) is 118 Å². The maximum absolute atomic E-state index is 13.6. The molecule has 1 heterocycles. The van der Waals surface area contributed by atoms with Crippen molar-refractivity contribution in [3.05, 3.63) is 54.1 Å². The number of pyridine rings is 1. The van der Waals surface area contributed by atoms with Crippen LogP contribution in [-0.4, -0.2) is 40.7 Å². The number of amides is 1. The van der Waals surface area contributed by atoms with E-state index in [9.17, 15) is 19.1 Å². The van der Waals surface area contributed by atoms with E-state index in [2.05, 4.69) is 10.3 Å². The molecule has 3 N–H and O–H groups in total. The van der Waals surface area contributed by atoms with Crippen molar-refractivity contribution in [3.8, 4) is 23.0 Å². The molecule has 1 aromatic heterocycles. The van der Waals surface area contributed by atoms with E-state index in [0.29, 0.717) is 22.3 Å². The smallest absolute Gasteiger partial charge is 0.322 e. The van der Waals surface area contributed by atoms with Crippen molar-refractivity contribution < 1.29 is 33.7 Å². The molecule has 0 fully saturated rings. The third-order valence-electron chi connectivity index (χ3n) is 3.77. The van der Waals surface area contributed by atoms with Gasteiger partial charge in [0.1, 0.15) is 29.6 Å². The second-order valence-electron chi connectivity index (χ2n) is 5.71. The number of aliphatic carboxylic acids is 1. The van der Waals surface area contributed by atoms with Gasteiger partial charge >= 0.3 is 5.97 Å². The van der Waals surface area contributed by atoms with E-state index < -0.39 is 24.2 Å². The summed E-state index contributed by atoms with van der Waals surface area (Å²) in [6.07, 6.45) is 1.34. The standard InChI is InChI=1S/C19H15FN2O6/c1-27-13-5-11(20)6-14(7-13)28-12-2-3-15-10(4-12)8-21-17(18(15)25)19(26)22-9-16(23)24/h2-8,25H,9H2,1H3,(H,22,26)(H,23,24). The van der Waals surface area contributed by atoms with Crippen LogP contribution in [0.2, 0.25) is 0 Å². The molecule has 0 bridgehead atoms. The molecule has 0 atom stereocenters. The van der Waals surface area contributed by atoms with Crippen molar-refractivity contribution in [2.24, 2.45) is 0 Å². The lowest BCUT2D eigenvalue weighted by Crippen LogP contribution is -2.29. The van der Waals surface area contributed by atoms with Gasteiger partial charge in [0.25, 0.3) is 5.91 Å². The number of fused-ring (bicyclic) bond motifs is 1. The summed E-state index contributed by atoms with van der Waals surface area (Å²) in [6, 6.07) is 8.51. The molecular formula is C19H15FN2O6. The van der Waals surface area contributed by atoms with Crippen LogP contribution in [0.1, 0.15) is 10.5 Å². The largest absolute Gasteiger partial charge is 0.505 e. The Morgan fingerprint density at radius 2 is 1.89 bits per heavy atom. The average Bonchev–Trinajstić information content (AvgIpc) is 2.65. The van der Waals surface area contributed by atoms with Gasteiger partial charge in [0, 0.05) is 35.2 Å². The minimum atomic E-state index is -1.22. The van der Waals surface area contributed by atoms with Crippen LogP contribution in [0.3, 0.4) is 0 Å². The summed E-state index contributed by atoms with van der Waals surface area (Å²) in [5.74, 6) is -2.07. The predicted molar refractivity (Wildman–Crippen MR) is 96.4 cm³/mol. The Kier molecular flexibility index (Phi) is 5.25. The zero-order chi connectivity index (χ0) is 20.3. The van der Waals surface area contributed by atoms with E-state index in [1.165, 1.54) is 43.6 Å². The fourth-order valence-electron chi connectivity index (χ4n) is 2.51. The minimum Gasteiger partial charge on any atom is -0.505 e. The summed E-state index contributed by atoms with van der Waals surface area (Å²) in [5, 5.41) is 21.8. The van der Waals surface area contributed by atoms with Crippen molar-refractivity contribution in [1.82, 2.24) is 10.3 Å². The first-order chi connectivity index (χ1) is 13.4. The lowest BCUT2D eigenvalue weighted by atomic mass is 10.1. The molecule has 0 unspecified atom stereocenters. The zero-order valence-electron chi connectivity index (χ0n) is 14.6. The first kappa shape index (κ1) is 18.9. The summed E-state index contributed by atoms with van der Waals surface area (Å²) >= 11 is 0. The molecule has 1 amide bonds. The first-order valence-electron chi connectivity index (χ1n) is 8.01. The Balaban J connectivity index is 1.88. The van der Waals surface area contributed by atoms with Gasteiger partial charge in [-0.3, -0.25) is 9.59 Å². The normalized spacial score (nSPS) is 10.5. The van der Waals surface area contributed by atoms with Crippen molar-refractivity contribution >= 4 is 22.6 Å². The number of aromatic nitrogens is 1. The van der Waals surface area contributed by atoms with Crippen molar-refractivity contribution in [1.29, 1.82) is 0 Å². The van der Waals surface area contributed by atoms with Gasteiger partial charge in [-0.2, -0.15) is 0 Å². The van der Waals surface area contributed by atoms with Crippen LogP contribution in [0.25, 0.3) is 10.8 Å². The van der Waals surface area contributed by atoms with Gasteiger partial charge < -0.3 is 25.0 Å². The number of rotatable bonds is 6. The van der Waals surface area contributed by atoms with Crippen LogP contribution in [-0.2, 0) is 4.79 Å². The van der Waals surface area contributed by atoms with Gasteiger partial charge in [0.15, 0.2) is 11.4 Å². The van der Waals surface area contributed by atoms with E-state index in [1.54, 1.807) is 6.07 Å². The van der Waals surface area contributed by atoms with Crippen LogP contribution in [0.15, 0.2) is 42.6 Å². The van der Waals surface area contributed by atoms with Crippen LogP contribution >= 0.6 is 0 Å². The lowest BCUT2D eigenvalue weighted by molar-refractivity contribution is -0.135. The molecule has 2 aromatic carbocycles. The number of hydrogen-bond donors (Lipinski definition) is 3. The highest BCUT2D eigenvalue weighted by molar-refractivity contribution is 6.02. The van der Waals surface area contributed by atoms with E-state index in [4.69, 9.17) is 14.6 Å². The van der Waals surface area contributed by atoms with E-state index in [-0.39, 0.29) is 17.2 Å². The Bertz CT molecular complexity index is 1070. The zero-order valence-corrected chi connectivity index (χ0v) is 14.6. The number of carbonyl (C=O) groups excluding carboxylic acids is 1. The van der Waals surface area contributed by atoms with Crippen molar-refractivity contribution in [2.45, 2.75) is 0 Å². The van der Waals surface area contributed by atoms with E-state index in [0.717, 1.165) is 0 Å². The van der Waals surface area contributed by atoms with Crippen LogP contribution in [0.4, 0.5) is 4.39 Å². The number of nitrogens with zero attached hydrogens (tertiary/aromatic N) is 1. The number of carboxylic acids is 1. The number of methoxy groups -OCH3 is 1. The van der Waals surface area contributed by atoms with Gasteiger partial charge in [0.05, 0.1) is 7.11 Å². The molecule has 9 heteroatoms. The number of nitrogens with one attached hydrogen (secondary N) is 1. The highest BCUT2D eigenvalue weighted by Crippen LogP contribution is 2.32. The number of benzene rings is 2. The Hall–Kier alpha value is -3.88. The molecule has 0 spiro atoms. The molecule has 28 heavy (non-hydrogen) atoms. The van der Waals surface area contributed by atoms with Crippen LogP contribution in [0.5, 0.6) is 23.0 Å². The monoisotopic (exact) mass is 386 g/mol. The minimum absolute atomic E-state index is 0.220. The number of aromatic hydroxyl groups is 1. The molecule has 0 aliphatic heterocycles. The summed E-state index contributed by atoms with van der Waals surface area (Å²) in [4.78, 5) is 26.4. The third-order valence-corrected chi connectivity index (χ3v) is 3.77. The predicted octanol–water partition coefficient (Wildman–Crippen LogP) is 2.69. The lowest BCUT2D eigenvalue weighted by Gasteiger charge is -2.10. The Morgan fingerprint density at radius 3 is 2.61 bits per heavy atom. The molecule has 0 radical (unpaired) electrons. The van der Waals surface area contributed by atoms with Gasteiger partial charge in [-0.05, 0) is 18.2 Å². The molecule has 3 rings (SSSR count). The maximum Gasteiger partial charge on any atom is 0.322 e. The molecule has 3 aromatic rings. The molecule has 0 saturated heterocycles. The number of ether oxygens (including phenoxy) is 2. The Morgan fingerprint density at radius 1 is 1.14 bits per heavy atom. The van der Waals surface area contributed by atoms with Crippen LogP contribution in [0, 0.1) is 5.82 Å². The first-order valence-corrected chi connectivity index (χ1v) is 8.01. The van der Waals surface area contributed by atoms with Gasteiger partial charge in [-0.1, -0.05) is 0 Å². The number of halogens is 1. The summed E-state index contributed by atoms with van der Waals surface area (Å²) in [7, 11) is 1.41. The van der Waals surface area contributed by atoms with E-state index in [1.807, 2.05) is 0 Å². The van der Waals surface area contributed by atoms with Gasteiger partial charge in [-0.25, -0.2) is 9.37 Å². The summed E-state index contributed by atoms with van der Waals surface area (Å²) in [6.45, 7) is -0.595. The molecule has 144 valence electrons. The molecular weight excluding hydrogens is 371 g/mol. The maximum atomic E-state index is 13.6. The molecule has 0 saturated carbocycles. The Labute approximate surface area is 158 Å². The van der Waals surface area contributed by atoms with Crippen molar-refractivity contribution in [3.63, 3.8) is 0 Å².